The van der Waals surface area contributed by atoms with Gasteiger partial charge in [-0.25, -0.2) is 4.79 Å². The summed E-state index contributed by atoms with van der Waals surface area (Å²) in [6, 6.07) is 4.12. The van der Waals surface area contributed by atoms with Crippen LogP contribution in [-0.4, -0.2) is 52.9 Å². The molecular formula is C32H48ClNO8Si2. The third-order valence-electron chi connectivity index (χ3n) is 8.41. The second-order valence-electron chi connectivity index (χ2n) is 13.7. The molecule has 244 valence electrons. The maximum atomic E-state index is 13.2. The zero-order valence-corrected chi connectivity index (χ0v) is 30.8. The molecule has 0 unspecified atom stereocenters. The second kappa shape index (κ2) is 13.9. The van der Waals surface area contributed by atoms with Gasteiger partial charge < -0.3 is 33.9 Å². The Kier molecular flexibility index (Phi) is 11.7. The highest BCUT2D eigenvalue weighted by molar-refractivity contribution is 6.75. The summed E-state index contributed by atoms with van der Waals surface area (Å²) in [5.74, 6) is -0.703. The van der Waals surface area contributed by atoms with E-state index >= 15 is 0 Å². The van der Waals surface area contributed by atoms with Crippen LogP contribution in [-0.2, 0) is 16.0 Å². The van der Waals surface area contributed by atoms with Crippen molar-refractivity contribution in [1.82, 2.24) is 0 Å². The average Bonchev–Trinajstić information content (AvgIpc) is 2.88. The van der Waals surface area contributed by atoms with E-state index in [1.54, 1.807) is 12.1 Å². The van der Waals surface area contributed by atoms with Gasteiger partial charge in [0.25, 0.3) is 16.6 Å². The molecule has 0 saturated heterocycles. The van der Waals surface area contributed by atoms with Crippen molar-refractivity contribution in [2.45, 2.75) is 90.6 Å². The first kappa shape index (κ1) is 37.0. The Morgan fingerprint density at radius 1 is 0.864 bits per heavy atom. The molecule has 2 aromatic carbocycles. The summed E-state index contributed by atoms with van der Waals surface area (Å²) in [4.78, 5) is 25.8. The van der Waals surface area contributed by atoms with E-state index in [9.17, 15) is 19.8 Å². The number of anilines is 1. The van der Waals surface area contributed by atoms with Crippen molar-refractivity contribution in [2.75, 3.05) is 19.5 Å². The van der Waals surface area contributed by atoms with Gasteiger partial charge in [-0.05, 0) is 60.7 Å². The number of halogens is 1. The molecule has 44 heavy (non-hydrogen) atoms. The smallest absolute Gasteiger partial charge is 0.341 e. The summed E-state index contributed by atoms with van der Waals surface area (Å²) < 4.78 is 23.5. The van der Waals surface area contributed by atoms with Gasteiger partial charge in [0.05, 0.1) is 24.9 Å². The van der Waals surface area contributed by atoms with Gasteiger partial charge in [0.1, 0.15) is 22.8 Å². The van der Waals surface area contributed by atoms with E-state index in [0.29, 0.717) is 28.5 Å². The van der Waals surface area contributed by atoms with Crippen LogP contribution in [0.5, 0.6) is 28.7 Å². The van der Waals surface area contributed by atoms with E-state index in [0.717, 1.165) is 0 Å². The third kappa shape index (κ3) is 8.73. The summed E-state index contributed by atoms with van der Waals surface area (Å²) in [7, 11) is -2.08. The monoisotopic (exact) mass is 665 g/mol. The van der Waals surface area contributed by atoms with Crippen molar-refractivity contribution in [3.05, 3.63) is 46.5 Å². The molecule has 0 aliphatic rings. The van der Waals surface area contributed by atoms with Gasteiger partial charge in [0.2, 0.25) is 5.91 Å². The number of allylic oxidation sites excluding steroid dienone is 1. The number of methoxy groups -OCH3 is 2. The highest BCUT2D eigenvalue weighted by atomic mass is 35.5. The van der Waals surface area contributed by atoms with Crippen LogP contribution in [0.15, 0.2) is 30.4 Å². The molecule has 12 heteroatoms. The zero-order valence-electron chi connectivity index (χ0n) is 28.0. The zero-order chi connectivity index (χ0) is 33.8. The number of carbonyl (C=O) groups is 2. The molecule has 9 nitrogen and oxygen atoms in total. The Morgan fingerprint density at radius 3 is 1.91 bits per heavy atom. The minimum Gasteiger partial charge on any atom is -0.543 e. The summed E-state index contributed by atoms with van der Waals surface area (Å²) in [5, 5.41) is 22.7. The van der Waals surface area contributed by atoms with Gasteiger partial charge in [-0.15, -0.1) is 0 Å². The van der Waals surface area contributed by atoms with Gasteiger partial charge in [-0.1, -0.05) is 59.2 Å². The molecule has 0 aliphatic carbocycles. The number of rotatable bonds is 11. The van der Waals surface area contributed by atoms with Gasteiger partial charge in [-0.2, -0.15) is 0 Å². The standard InChI is InChI=1S/C32H48ClNO8Si2/c1-31(2,3)43(9,10)41-25-19-26(42-44(11,12)32(4,5)6)29(33)20(28(25)30(38)40-8)15-13-14-16-27(37)34-21-17-23(36)24(39-7)18-22(21)35/h14,16-19,35-36H,13,15H2,1-12H3,(H,34,37)/b16-14+. The number of hydrogen-bond acceptors (Lipinski definition) is 8. The largest absolute Gasteiger partial charge is 0.543 e. The minimum atomic E-state index is -2.41. The van der Waals surface area contributed by atoms with Crippen LogP contribution in [0.2, 0.25) is 41.3 Å². The molecule has 0 fully saturated rings. The number of ether oxygens (including phenoxy) is 2. The van der Waals surface area contributed by atoms with Crippen molar-refractivity contribution >= 4 is 45.8 Å². The van der Waals surface area contributed by atoms with Crippen LogP contribution < -0.4 is 18.9 Å². The first-order valence-electron chi connectivity index (χ1n) is 14.5. The molecule has 0 heterocycles. The molecule has 0 spiro atoms. The molecule has 0 bridgehead atoms. The number of carbonyl (C=O) groups excluding carboxylic acids is 2. The number of benzene rings is 2. The lowest BCUT2D eigenvalue weighted by Gasteiger charge is -2.39. The SMILES string of the molecule is COC(=O)c1c(O[Si](C)(C)C(C)(C)C)cc(O[Si](C)(C)C(C)(C)C)c(Cl)c1CC/C=C/C(=O)Nc1cc(O)c(OC)cc1O. The normalized spacial score (nSPS) is 12.7. The van der Waals surface area contributed by atoms with Crippen molar-refractivity contribution in [2.24, 2.45) is 0 Å². The number of nitrogens with one attached hydrogen (secondary N) is 1. The Balaban J connectivity index is 2.52. The van der Waals surface area contributed by atoms with E-state index in [1.807, 2.05) is 0 Å². The van der Waals surface area contributed by atoms with E-state index < -0.39 is 28.5 Å². The summed E-state index contributed by atoms with van der Waals surface area (Å²) >= 11 is 6.99. The Hall–Kier alpha value is -3.16. The van der Waals surface area contributed by atoms with Crippen molar-refractivity contribution < 1.29 is 38.1 Å². The van der Waals surface area contributed by atoms with Gasteiger partial charge >= 0.3 is 5.97 Å². The first-order chi connectivity index (χ1) is 20.1. The van der Waals surface area contributed by atoms with E-state index in [-0.39, 0.29) is 45.0 Å². The summed E-state index contributed by atoms with van der Waals surface area (Å²) in [5.41, 5.74) is 0.768. The predicted octanol–water partition coefficient (Wildman–Crippen LogP) is 8.44. The van der Waals surface area contributed by atoms with Crippen LogP contribution in [0.25, 0.3) is 0 Å². The predicted molar refractivity (Wildman–Crippen MR) is 181 cm³/mol. The van der Waals surface area contributed by atoms with Gasteiger partial charge in [-0.3, -0.25) is 4.79 Å². The second-order valence-corrected chi connectivity index (χ2v) is 23.6. The van der Waals surface area contributed by atoms with Crippen molar-refractivity contribution in [3.63, 3.8) is 0 Å². The maximum Gasteiger partial charge on any atom is 0.341 e. The highest BCUT2D eigenvalue weighted by Crippen LogP contribution is 2.46. The van der Waals surface area contributed by atoms with Gasteiger partial charge in [0, 0.05) is 18.2 Å². The molecule has 3 N–H and O–H groups in total. The minimum absolute atomic E-state index is 0.0249. The van der Waals surface area contributed by atoms with Crippen molar-refractivity contribution in [3.8, 4) is 28.7 Å². The molecule has 0 saturated carbocycles. The lowest BCUT2D eigenvalue weighted by molar-refractivity contribution is -0.111. The van der Waals surface area contributed by atoms with E-state index in [4.69, 9.17) is 29.9 Å². The molecule has 0 atom stereocenters. The summed E-state index contributed by atoms with van der Waals surface area (Å²) in [6.07, 6.45) is 3.54. The number of aromatic hydroxyl groups is 2. The van der Waals surface area contributed by atoms with Crippen LogP contribution in [0.4, 0.5) is 5.69 Å². The quantitative estimate of drug-likeness (QED) is 0.0718. The van der Waals surface area contributed by atoms with Gasteiger partial charge in [0.15, 0.2) is 11.5 Å². The Bertz CT molecular complexity index is 1410. The molecule has 2 aromatic rings. The molecule has 0 radical (unpaired) electrons. The van der Waals surface area contributed by atoms with Crippen LogP contribution >= 0.6 is 11.6 Å². The van der Waals surface area contributed by atoms with E-state index in [1.165, 1.54) is 32.4 Å². The number of phenolic OH excluding ortho intramolecular Hbond substituents is 2. The fourth-order valence-corrected chi connectivity index (χ4v) is 6.03. The molecule has 1 amide bonds. The number of hydrogen-bond donors (Lipinski definition) is 3. The lowest BCUT2D eigenvalue weighted by Crippen LogP contribution is -2.45. The highest BCUT2D eigenvalue weighted by Gasteiger charge is 2.42. The lowest BCUT2D eigenvalue weighted by atomic mass is 10.0. The molecule has 0 aliphatic heterocycles. The van der Waals surface area contributed by atoms with Crippen LogP contribution in [0.1, 0.15) is 63.9 Å². The average molecular weight is 666 g/mol. The Morgan fingerprint density at radius 2 is 1.41 bits per heavy atom. The molecule has 0 aromatic heterocycles. The number of phenols is 2. The van der Waals surface area contributed by atoms with Crippen LogP contribution in [0.3, 0.4) is 0 Å². The molecule has 2 rings (SSSR count). The van der Waals surface area contributed by atoms with E-state index in [2.05, 4.69) is 73.0 Å². The topological polar surface area (TPSA) is 124 Å². The summed E-state index contributed by atoms with van der Waals surface area (Å²) in [6.45, 7) is 21.2. The first-order valence-corrected chi connectivity index (χ1v) is 20.6. The van der Waals surface area contributed by atoms with Crippen molar-refractivity contribution in [1.29, 1.82) is 0 Å². The Labute approximate surface area is 268 Å². The maximum absolute atomic E-state index is 13.2. The third-order valence-corrected chi connectivity index (χ3v) is 17.5. The number of amides is 1. The van der Waals surface area contributed by atoms with Crippen LogP contribution in [0, 0.1) is 0 Å². The number of esters is 1. The fraction of sp³-hybridized carbons (Fsp3) is 0.500. The molecular weight excluding hydrogens is 618 g/mol. The fourth-order valence-electron chi connectivity index (χ4n) is 3.65.